The van der Waals surface area contributed by atoms with Gasteiger partial charge in [0.1, 0.15) is 0 Å². The number of hydrogen-bond donors (Lipinski definition) is 0. The van der Waals surface area contributed by atoms with Crippen LogP contribution < -0.4 is 0 Å². The van der Waals surface area contributed by atoms with Gasteiger partial charge in [-0.15, -0.1) is 0 Å². The topological polar surface area (TPSA) is 12.4 Å². The Kier molecular flexibility index (Phi) is 8.74. The summed E-state index contributed by atoms with van der Waals surface area (Å²) in [5.41, 5.74) is 1.93. The van der Waals surface area contributed by atoms with E-state index in [0.29, 0.717) is 0 Å². The number of rotatable bonds is 2. The van der Waals surface area contributed by atoms with E-state index in [1.54, 1.807) is 6.21 Å². The van der Waals surface area contributed by atoms with Gasteiger partial charge in [0.25, 0.3) is 0 Å². The average Bonchev–Trinajstić information content (AvgIpc) is 2.19. The maximum absolute atomic E-state index is 4.18. The fourth-order valence-electron chi connectivity index (χ4n) is 0.699. The third-order valence-corrected chi connectivity index (χ3v) is 1.19. The van der Waals surface area contributed by atoms with Crippen LogP contribution in [0.2, 0.25) is 0 Å². The van der Waals surface area contributed by atoms with Crippen LogP contribution in [0.4, 0.5) is 5.69 Å². The van der Waals surface area contributed by atoms with Crippen molar-refractivity contribution in [3.63, 3.8) is 0 Å². The van der Waals surface area contributed by atoms with Gasteiger partial charge in [-0.1, -0.05) is 24.8 Å². The molecule has 0 heterocycles. The summed E-state index contributed by atoms with van der Waals surface area (Å²) in [6.45, 7) is 5.64. The minimum Gasteiger partial charge on any atom is -0.257 e. The molecule has 0 atom stereocenters. The van der Waals surface area contributed by atoms with Gasteiger partial charge < -0.3 is 0 Å². The summed E-state index contributed by atoms with van der Waals surface area (Å²) >= 11 is 4.24. The van der Waals surface area contributed by atoms with Gasteiger partial charge in [-0.25, -0.2) is 0 Å². The molecule has 0 aliphatic rings. The molecule has 1 aromatic carbocycles. The lowest BCUT2D eigenvalue weighted by molar-refractivity contribution is 1.52. The number of aliphatic imine (C=N–C) groups is 1. The Labute approximate surface area is 103 Å². The molecule has 1 nitrogen and oxygen atoms in total. The SMILES string of the molecule is C=C(C)C=Nc1ccccc1.II. The standard InChI is InChI=1S/C10H11N.I2/c1-9(2)8-11-10-6-4-3-5-7-10;1-2/h3-8H,1H2,2H3;. The second kappa shape index (κ2) is 8.68. The number of benzene rings is 1. The van der Waals surface area contributed by atoms with Crippen molar-refractivity contribution in [1.29, 1.82) is 0 Å². The molecule has 0 fully saturated rings. The van der Waals surface area contributed by atoms with Crippen molar-refractivity contribution in [2.24, 2.45) is 4.99 Å². The molecular weight excluding hydrogens is 388 g/mol. The van der Waals surface area contributed by atoms with Crippen LogP contribution in [-0.2, 0) is 0 Å². The Hall–Kier alpha value is 0.0900. The molecule has 0 amide bonds. The first-order chi connectivity index (χ1) is 6.29. The summed E-state index contributed by atoms with van der Waals surface area (Å²) in [7, 11) is 0. The first-order valence-corrected chi connectivity index (χ1v) is 9.96. The molecule has 0 spiro atoms. The molecule has 3 heteroatoms. The maximum Gasteiger partial charge on any atom is 0.0629 e. The molecule has 1 rings (SSSR count). The van der Waals surface area contributed by atoms with Crippen molar-refractivity contribution in [2.75, 3.05) is 0 Å². The predicted molar refractivity (Wildman–Crippen MR) is 77.4 cm³/mol. The van der Waals surface area contributed by atoms with Crippen molar-refractivity contribution < 1.29 is 0 Å². The first-order valence-electron chi connectivity index (χ1n) is 3.68. The Morgan fingerprint density at radius 1 is 1.31 bits per heavy atom. The zero-order valence-electron chi connectivity index (χ0n) is 7.37. The molecule has 0 aliphatic heterocycles. The van der Waals surface area contributed by atoms with E-state index in [2.05, 4.69) is 48.8 Å². The van der Waals surface area contributed by atoms with E-state index in [9.17, 15) is 0 Å². The van der Waals surface area contributed by atoms with Crippen molar-refractivity contribution >= 4 is 49.1 Å². The van der Waals surface area contributed by atoms with E-state index in [-0.39, 0.29) is 0 Å². The minimum absolute atomic E-state index is 0.967. The van der Waals surface area contributed by atoms with E-state index in [0.717, 1.165) is 11.3 Å². The third kappa shape index (κ3) is 7.18. The molecule has 0 radical (unpaired) electrons. The average molecular weight is 399 g/mol. The lowest BCUT2D eigenvalue weighted by atomic mass is 10.3. The molecule has 0 aromatic heterocycles. The van der Waals surface area contributed by atoms with Crippen molar-refractivity contribution in [2.45, 2.75) is 6.92 Å². The lowest BCUT2D eigenvalue weighted by Crippen LogP contribution is -1.71. The van der Waals surface area contributed by atoms with Crippen LogP contribution in [0.3, 0.4) is 0 Å². The number of halogens is 2. The van der Waals surface area contributed by atoms with Gasteiger partial charge >= 0.3 is 0 Å². The van der Waals surface area contributed by atoms with E-state index in [1.807, 2.05) is 37.3 Å². The highest BCUT2D eigenvalue weighted by Crippen LogP contribution is 2.08. The van der Waals surface area contributed by atoms with E-state index in [4.69, 9.17) is 0 Å². The van der Waals surface area contributed by atoms with Gasteiger partial charge in [0.15, 0.2) is 0 Å². The summed E-state index contributed by atoms with van der Waals surface area (Å²) in [6, 6.07) is 9.81. The Morgan fingerprint density at radius 2 is 1.85 bits per heavy atom. The number of allylic oxidation sites excluding steroid dienone is 1. The van der Waals surface area contributed by atoms with Crippen LogP contribution in [0.1, 0.15) is 6.92 Å². The van der Waals surface area contributed by atoms with Crippen molar-refractivity contribution in [3.05, 3.63) is 42.5 Å². The molecule has 70 valence electrons. The summed E-state index contributed by atoms with van der Waals surface area (Å²) in [6.07, 6.45) is 1.76. The van der Waals surface area contributed by atoms with E-state index >= 15 is 0 Å². The van der Waals surface area contributed by atoms with Crippen LogP contribution in [0.5, 0.6) is 0 Å². The van der Waals surface area contributed by atoms with Gasteiger partial charge in [0, 0.05) is 43.4 Å². The Bertz CT molecular complexity index is 268. The van der Waals surface area contributed by atoms with E-state index < -0.39 is 0 Å². The van der Waals surface area contributed by atoms with Crippen molar-refractivity contribution in [1.82, 2.24) is 0 Å². The quantitative estimate of drug-likeness (QED) is 0.504. The predicted octanol–water partition coefficient (Wildman–Crippen LogP) is 4.74. The monoisotopic (exact) mass is 399 g/mol. The minimum atomic E-state index is 0.967. The normalized spacial score (nSPS) is 9.15. The highest BCUT2D eigenvalue weighted by molar-refractivity contribution is 15.0. The molecule has 0 N–H and O–H groups in total. The molecule has 1 aromatic rings. The molecule has 0 saturated heterocycles. The number of hydrogen-bond acceptors (Lipinski definition) is 1. The lowest BCUT2D eigenvalue weighted by Gasteiger charge is -1.89. The van der Waals surface area contributed by atoms with Crippen LogP contribution >= 0.6 is 37.2 Å². The van der Waals surface area contributed by atoms with E-state index in [1.165, 1.54) is 0 Å². The summed E-state index contributed by atoms with van der Waals surface area (Å²) in [5, 5.41) is 0. The molecule has 0 bridgehead atoms. The molecule has 0 saturated carbocycles. The fraction of sp³-hybridized carbons (Fsp3) is 0.100. The first kappa shape index (κ1) is 13.1. The van der Waals surface area contributed by atoms with Gasteiger partial charge in [-0.2, -0.15) is 0 Å². The van der Waals surface area contributed by atoms with Crippen LogP contribution in [-0.4, -0.2) is 6.21 Å². The zero-order valence-corrected chi connectivity index (χ0v) is 11.7. The second-order valence-corrected chi connectivity index (χ2v) is 2.44. The highest BCUT2D eigenvalue weighted by Gasteiger charge is 1.81. The molecule has 0 unspecified atom stereocenters. The molecule has 13 heavy (non-hydrogen) atoms. The van der Waals surface area contributed by atoms with Gasteiger partial charge in [-0.05, 0) is 24.6 Å². The third-order valence-electron chi connectivity index (χ3n) is 1.19. The van der Waals surface area contributed by atoms with Crippen molar-refractivity contribution in [3.8, 4) is 0 Å². The largest absolute Gasteiger partial charge is 0.257 e. The summed E-state index contributed by atoms with van der Waals surface area (Å²) in [4.78, 5) is 4.18. The maximum atomic E-state index is 4.18. The van der Waals surface area contributed by atoms with Crippen LogP contribution in [0.25, 0.3) is 0 Å². The Balaban J connectivity index is 0.000000671. The second-order valence-electron chi connectivity index (χ2n) is 2.44. The van der Waals surface area contributed by atoms with Crippen LogP contribution in [0, 0.1) is 0 Å². The fourth-order valence-corrected chi connectivity index (χ4v) is 0.699. The summed E-state index contributed by atoms with van der Waals surface area (Å²) in [5.74, 6) is 0. The zero-order chi connectivity index (χ0) is 10.1. The van der Waals surface area contributed by atoms with Gasteiger partial charge in [-0.3, -0.25) is 4.99 Å². The molecule has 0 aliphatic carbocycles. The smallest absolute Gasteiger partial charge is 0.0629 e. The van der Waals surface area contributed by atoms with Gasteiger partial charge in [0.2, 0.25) is 0 Å². The molecular formula is C10H11I2N. The van der Waals surface area contributed by atoms with Gasteiger partial charge in [0.05, 0.1) is 5.69 Å². The van der Waals surface area contributed by atoms with Crippen LogP contribution in [0.15, 0.2) is 47.5 Å². The number of para-hydroxylation sites is 1. The Morgan fingerprint density at radius 3 is 2.31 bits per heavy atom. The number of nitrogens with zero attached hydrogens (tertiary/aromatic N) is 1. The summed E-state index contributed by atoms with van der Waals surface area (Å²) < 4.78 is 0. The highest BCUT2D eigenvalue weighted by atomic mass is 128.